The van der Waals surface area contributed by atoms with E-state index in [1.165, 1.54) is 0 Å². The number of ether oxygens (including phenoxy) is 6. The smallest absolute Gasteiger partial charge is 0.332 e. The predicted molar refractivity (Wildman–Crippen MR) is 186 cm³/mol. The predicted octanol–water partition coefficient (Wildman–Crippen LogP) is -0.212. The number of carboxylic acids is 1. The summed E-state index contributed by atoms with van der Waals surface area (Å²) in [4.78, 5) is 34.7. The van der Waals surface area contributed by atoms with Gasteiger partial charge in [0.25, 0.3) is 0 Å². The number of carbonyl (C=O) groups is 3. The van der Waals surface area contributed by atoms with Crippen LogP contribution in [0.5, 0.6) is 0 Å². The van der Waals surface area contributed by atoms with Crippen molar-refractivity contribution in [3.8, 4) is 0 Å². The van der Waals surface area contributed by atoms with Gasteiger partial charge in [0.15, 0.2) is 24.8 Å². The Morgan fingerprint density at radius 1 is 0.685 bits per heavy atom. The molecule has 0 radical (unpaired) electrons. The van der Waals surface area contributed by atoms with Crippen molar-refractivity contribution in [3.63, 3.8) is 0 Å². The van der Waals surface area contributed by atoms with Gasteiger partial charge in [-0.05, 0) is 19.3 Å². The van der Waals surface area contributed by atoms with Gasteiger partial charge in [0.05, 0.1) is 31.8 Å². The molecule has 13 atom stereocenters. The number of hydrogen-bond acceptors (Lipinski definition) is 17. The summed E-state index contributed by atoms with van der Waals surface area (Å²) in [6, 6.07) is 0. The van der Waals surface area contributed by atoms with Gasteiger partial charge < -0.3 is 74.4 Å². The summed E-state index contributed by atoms with van der Waals surface area (Å²) < 4.78 is 33.0. The summed E-state index contributed by atoms with van der Waals surface area (Å²) in [5.74, 6) is -2.82. The Kier molecular flexibility index (Phi) is 23.1. The van der Waals surface area contributed by atoms with E-state index in [2.05, 4.69) is 0 Å². The number of aliphatic hydroxyl groups is 8. The van der Waals surface area contributed by atoms with Crippen LogP contribution < -0.4 is 0 Å². The van der Waals surface area contributed by atoms with Gasteiger partial charge in [-0.1, -0.05) is 77.6 Å². The van der Waals surface area contributed by atoms with Gasteiger partial charge in [-0.2, -0.15) is 0 Å². The number of hydrogen-bond donors (Lipinski definition) is 9. The number of esters is 2. The second-order valence-electron chi connectivity index (χ2n) is 14.2. The molecule has 2 heterocycles. The van der Waals surface area contributed by atoms with E-state index in [1.54, 1.807) is 0 Å². The molecule has 0 spiro atoms. The summed E-state index contributed by atoms with van der Waals surface area (Å²) in [5, 5.41) is 91.9. The van der Waals surface area contributed by atoms with E-state index in [0.717, 1.165) is 64.7 Å². The fraction of sp³-hybridized carbons (Fsp3) is 0.917. The number of unbranched alkanes of at least 4 members (excludes halogenated alkanes) is 9. The molecule has 54 heavy (non-hydrogen) atoms. The summed E-state index contributed by atoms with van der Waals surface area (Å²) >= 11 is 0. The molecule has 0 bridgehead atoms. The molecule has 0 aliphatic carbocycles. The molecule has 0 aromatic heterocycles. The lowest BCUT2D eigenvalue weighted by Crippen LogP contribution is -2.65. The second kappa shape index (κ2) is 26.0. The zero-order valence-electron chi connectivity index (χ0n) is 31.4. The first kappa shape index (κ1) is 48.1. The zero-order valence-corrected chi connectivity index (χ0v) is 31.4. The van der Waals surface area contributed by atoms with Crippen LogP contribution in [0.2, 0.25) is 0 Å². The molecule has 0 aromatic carbocycles. The highest BCUT2D eigenvalue weighted by atomic mass is 16.7. The summed E-state index contributed by atoms with van der Waals surface area (Å²) in [6.45, 7) is 1.42. The molecule has 9 N–H and O–H groups in total. The maximum atomic E-state index is 12.5. The van der Waals surface area contributed by atoms with Gasteiger partial charge in [0.2, 0.25) is 0 Å². The van der Waals surface area contributed by atoms with E-state index >= 15 is 0 Å². The molecule has 2 saturated heterocycles. The number of rotatable bonds is 27. The molecule has 18 heteroatoms. The molecule has 2 aliphatic heterocycles. The molecule has 0 aromatic rings. The number of carbonyl (C=O) groups excluding carboxylic acids is 2. The highest BCUT2D eigenvalue weighted by Gasteiger charge is 2.52. The lowest BCUT2D eigenvalue weighted by atomic mass is 9.96. The van der Waals surface area contributed by atoms with Crippen molar-refractivity contribution in [1.82, 2.24) is 0 Å². The summed E-state index contributed by atoms with van der Waals surface area (Å²) in [6.07, 6.45) is -8.94. The van der Waals surface area contributed by atoms with Crippen LogP contribution in [0.1, 0.15) is 110 Å². The van der Waals surface area contributed by atoms with E-state index in [9.17, 15) is 55.2 Å². The third kappa shape index (κ3) is 17.0. The van der Waals surface area contributed by atoms with Crippen LogP contribution in [-0.4, -0.2) is 163 Å². The average molecular weight is 785 g/mol. The first-order chi connectivity index (χ1) is 25.7. The highest BCUT2D eigenvalue weighted by molar-refractivity contribution is 5.71. The zero-order chi connectivity index (χ0) is 40.2. The van der Waals surface area contributed by atoms with Crippen LogP contribution >= 0.6 is 0 Å². The van der Waals surface area contributed by atoms with Crippen molar-refractivity contribution in [3.05, 3.63) is 0 Å². The fourth-order valence-electron chi connectivity index (χ4n) is 6.38. The van der Waals surface area contributed by atoms with Crippen LogP contribution in [0.25, 0.3) is 0 Å². The Bertz CT molecular complexity index is 1060. The van der Waals surface area contributed by atoms with Crippen molar-refractivity contribution in [1.29, 1.82) is 0 Å². The molecule has 0 saturated carbocycles. The average Bonchev–Trinajstić information content (AvgIpc) is 3.12. The van der Waals surface area contributed by atoms with Gasteiger partial charge >= 0.3 is 17.9 Å². The second-order valence-corrected chi connectivity index (χ2v) is 14.2. The van der Waals surface area contributed by atoms with Crippen molar-refractivity contribution >= 4 is 17.9 Å². The minimum absolute atomic E-state index is 0.246. The third-order valence-electron chi connectivity index (χ3n) is 9.50. The maximum absolute atomic E-state index is 12.5. The minimum Gasteiger partial charge on any atom is -0.479 e. The van der Waals surface area contributed by atoms with Gasteiger partial charge in [-0.3, -0.25) is 9.59 Å². The first-order valence-corrected chi connectivity index (χ1v) is 19.2. The lowest BCUT2D eigenvalue weighted by molar-refractivity contribution is -0.360. The highest BCUT2D eigenvalue weighted by Crippen LogP contribution is 2.31. The fourth-order valence-corrected chi connectivity index (χ4v) is 6.38. The van der Waals surface area contributed by atoms with Gasteiger partial charge in [0, 0.05) is 6.92 Å². The Morgan fingerprint density at radius 2 is 1.26 bits per heavy atom. The van der Waals surface area contributed by atoms with E-state index in [1.807, 2.05) is 6.92 Å². The normalized spacial score (nSPS) is 30.3. The largest absolute Gasteiger partial charge is 0.479 e. The molecule has 0 unspecified atom stereocenters. The monoisotopic (exact) mass is 784 g/mol. The van der Waals surface area contributed by atoms with Crippen LogP contribution in [0, 0.1) is 0 Å². The van der Waals surface area contributed by atoms with Crippen molar-refractivity contribution in [2.24, 2.45) is 0 Å². The molecule has 316 valence electrons. The molecular formula is C36H64O18. The van der Waals surface area contributed by atoms with Crippen LogP contribution in [0.4, 0.5) is 0 Å². The van der Waals surface area contributed by atoms with Gasteiger partial charge in [0.1, 0.15) is 49.3 Å². The molecule has 2 aliphatic rings. The Labute approximate surface area is 316 Å². The van der Waals surface area contributed by atoms with Crippen molar-refractivity contribution in [2.45, 2.75) is 190 Å². The molecule has 2 rings (SSSR count). The SMILES string of the molecule is CCC[C@H](O)CC(=O)O[C@@H]1[C@@H](O)[C@H](O[C@H]2[C@H](O)[C@@H](O)[C@H](OC[C@@H](O)CCCCCCCCCCCC[C@@H](O)C(=O)O)O[C@@H]2COC(C)=O)O[C@H](CO)[C@H]1O. The van der Waals surface area contributed by atoms with E-state index in [0.29, 0.717) is 25.7 Å². The van der Waals surface area contributed by atoms with Gasteiger partial charge in [-0.15, -0.1) is 0 Å². The van der Waals surface area contributed by atoms with E-state index in [-0.39, 0.29) is 13.0 Å². The Balaban J connectivity index is 1.85. The Hall–Kier alpha value is -2.07. The summed E-state index contributed by atoms with van der Waals surface area (Å²) in [7, 11) is 0. The van der Waals surface area contributed by atoms with Crippen LogP contribution in [0.15, 0.2) is 0 Å². The lowest BCUT2D eigenvalue weighted by Gasteiger charge is -2.46. The van der Waals surface area contributed by atoms with Crippen molar-refractivity contribution in [2.75, 3.05) is 19.8 Å². The minimum atomic E-state index is -1.87. The van der Waals surface area contributed by atoms with Crippen molar-refractivity contribution < 1.29 is 88.8 Å². The quantitative estimate of drug-likeness (QED) is 0.0385. The number of aliphatic hydroxyl groups excluding tert-OH is 8. The molecule has 2 fully saturated rings. The number of aliphatic carboxylic acids is 1. The van der Waals surface area contributed by atoms with E-state index < -0.39 is 117 Å². The maximum Gasteiger partial charge on any atom is 0.332 e. The van der Waals surface area contributed by atoms with E-state index in [4.69, 9.17) is 33.5 Å². The van der Waals surface area contributed by atoms with Gasteiger partial charge in [-0.25, -0.2) is 4.79 Å². The topological polar surface area (TPSA) is 289 Å². The Morgan fingerprint density at radius 3 is 1.81 bits per heavy atom. The molecule has 0 amide bonds. The third-order valence-corrected chi connectivity index (χ3v) is 9.50. The van der Waals surface area contributed by atoms with Crippen LogP contribution in [0.3, 0.4) is 0 Å². The number of carboxylic acid groups (broad SMARTS) is 1. The molecular weight excluding hydrogens is 720 g/mol. The molecule has 18 nitrogen and oxygen atoms in total. The summed E-state index contributed by atoms with van der Waals surface area (Å²) in [5.41, 5.74) is 0. The van der Waals surface area contributed by atoms with Crippen LogP contribution in [-0.2, 0) is 42.8 Å². The first-order valence-electron chi connectivity index (χ1n) is 19.2. The standard InChI is InChI=1S/C36H64O18/c1-3-14-22(39)17-27(42)53-33-28(43)25(18-37)51-36(31(33)46)54-32-26(20-49-21(2)38)52-35(30(45)29(32)44)50-19-23(40)15-12-10-8-6-4-5-7-9-11-13-16-24(41)34(47)48/h22-26,28-33,35-37,39-41,43-46H,3-20H2,1-2H3,(H,47,48)/t22-,23-,24+,25+,26+,28+,29+,30+,31+,32+,33-,35+,36-/m0/s1.